The van der Waals surface area contributed by atoms with Crippen LogP contribution < -0.4 is 0 Å². The number of piperidine rings is 1. The Hall–Kier alpha value is -1.98. The van der Waals surface area contributed by atoms with Crippen molar-refractivity contribution in [3.63, 3.8) is 0 Å². The summed E-state index contributed by atoms with van der Waals surface area (Å²) in [5.74, 6) is -1.74. The molecular weight excluding hydrogens is 362 g/mol. The monoisotopic (exact) mass is 390 g/mol. The molecule has 0 spiro atoms. The Morgan fingerprint density at radius 3 is 2.14 bits per heavy atom. The Kier molecular flexibility index (Phi) is 5.65. The third kappa shape index (κ3) is 4.06. The quantitative estimate of drug-likeness (QED) is 0.775. The zero-order chi connectivity index (χ0) is 19.7. The van der Waals surface area contributed by atoms with E-state index in [9.17, 15) is 18.4 Å². The predicted molar refractivity (Wildman–Crippen MR) is 102 cm³/mol. The number of hydrogen-bond donors (Lipinski definition) is 0. The molecule has 1 aromatic rings. The summed E-state index contributed by atoms with van der Waals surface area (Å²) in [5, 5.41) is 0. The second-order valence-corrected chi connectivity index (χ2v) is 8.46. The molecule has 4 nitrogen and oxygen atoms in total. The van der Waals surface area contributed by atoms with E-state index in [0.29, 0.717) is 38.0 Å². The molecule has 2 amide bonds. The zero-order valence-electron chi connectivity index (χ0n) is 16.2. The van der Waals surface area contributed by atoms with Crippen LogP contribution in [-0.4, -0.2) is 46.8 Å². The third-order valence-corrected chi connectivity index (χ3v) is 6.46. The van der Waals surface area contributed by atoms with Crippen molar-refractivity contribution < 1.29 is 18.4 Å². The van der Waals surface area contributed by atoms with Gasteiger partial charge in [-0.25, -0.2) is 8.78 Å². The van der Waals surface area contributed by atoms with Crippen LogP contribution in [0.5, 0.6) is 0 Å². The first-order valence-corrected chi connectivity index (χ1v) is 10.6. The average molecular weight is 390 g/mol. The van der Waals surface area contributed by atoms with E-state index < -0.39 is 17.5 Å². The molecule has 3 fully saturated rings. The standard InChI is InChI=1S/C22H28F2N2O2/c23-16-6-9-19(20(24)14-16)22(28)25-12-10-15(11-13-25)21(27)26(18-7-8-18)17-4-2-1-3-5-17/h6,9,14-15,17-18H,1-5,7-8,10-13H2. The number of rotatable bonds is 4. The summed E-state index contributed by atoms with van der Waals surface area (Å²) in [6.45, 7) is 0.879. The van der Waals surface area contributed by atoms with E-state index in [1.54, 1.807) is 4.90 Å². The predicted octanol–water partition coefficient (Wildman–Crippen LogP) is 4.14. The first-order chi connectivity index (χ1) is 13.5. The topological polar surface area (TPSA) is 40.6 Å². The van der Waals surface area contributed by atoms with E-state index in [2.05, 4.69) is 4.90 Å². The zero-order valence-corrected chi connectivity index (χ0v) is 16.2. The SMILES string of the molecule is O=C(c1ccc(F)cc1F)N1CCC(C(=O)N(C2CCCCC2)C2CC2)CC1. The minimum absolute atomic E-state index is 0.0513. The first-order valence-electron chi connectivity index (χ1n) is 10.6. The second-order valence-electron chi connectivity index (χ2n) is 8.46. The smallest absolute Gasteiger partial charge is 0.256 e. The average Bonchev–Trinajstić information content (AvgIpc) is 3.54. The molecule has 152 valence electrons. The Labute approximate surface area is 164 Å². The summed E-state index contributed by atoms with van der Waals surface area (Å²) in [6.07, 6.45) is 9.37. The molecule has 0 radical (unpaired) electrons. The van der Waals surface area contributed by atoms with Gasteiger partial charge in [0.1, 0.15) is 11.6 Å². The minimum atomic E-state index is -0.833. The highest BCUT2D eigenvalue weighted by Crippen LogP contribution is 2.36. The van der Waals surface area contributed by atoms with Crippen LogP contribution >= 0.6 is 0 Å². The van der Waals surface area contributed by atoms with Crippen molar-refractivity contribution >= 4 is 11.8 Å². The molecule has 4 rings (SSSR count). The summed E-state index contributed by atoms with van der Waals surface area (Å²) in [4.78, 5) is 29.6. The lowest BCUT2D eigenvalue weighted by Crippen LogP contribution is -2.49. The molecular formula is C22H28F2N2O2. The summed E-state index contributed by atoms with van der Waals surface area (Å²) in [6, 6.07) is 3.85. The van der Waals surface area contributed by atoms with Crippen molar-refractivity contribution in [3.8, 4) is 0 Å². The molecule has 28 heavy (non-hydrogen) atoms. The second kappa shape index (κ2) is 8.18. The van der Waals surface area contributed by atoms with Crippen molar-refractivity contribution in [1.29, 1.82) is 0 Å². The number of amides is 2. The number of nitrogens with zero attached hydrogens (tertiary/aromatic N) is 2. The van der Waals surface area contributed by atoms with Gasteiger partial charge in [-0.15, -0.1) is 0 Å². The normalized spacial score (nSPS) is 21.6. The highest BCUT2D eigenvalue weighted by atomic mass is 19.1. The van der Waals surface area contributed by atoms with Crippen LogP contribution in [-0.2, 0) is 4.79 Å². The van der Waals surface area contributed by atoms with Crippen molar-refractivity contribution in [2.24, 2.45) is 5.92 Å². The van der Waals surface area contributed by atoms with Crippen LogP contribution in [0.15, 0.2) is 18.2 Å². The summed E-state index contributed by atoms with van der Waals surface area (Å²) in [5.41, 5.74) is -0.104. The summed E-state index contributed by atoms with van der Waals surface area (Å²) < 4.78 is 27.0. The summed E-state index contributed by atoms with van der Waals surface area (Å²) >= 11 is 0. The highest BCUT2D eigenvalue weighted by molar-refractivity contribution is 5.94. The minimum Gasteiger partial charge on any atom is -0.339 e. The molecule has 6 heteroatoms. The van der Waals surface area contributed by atoms with E-state index in [-0.39, 0.29) is 17.4 Å². The Morgan fingerprint density at radius 1 is 0.893 bits per heavy atom. The molecule has 1 saturated heterocycles. The third-order valence-electron chi connectivity index (χ3n) is 6.46. The van der Waals surface area contributed by atoms with Gasteiger partial charge in [0.25, 0.3) is 5.91 Å². The van der Waals surface area contributed by atoms with E-state index in [1.165, 1.54) is 25.3 Å². The molecule has 0 aromatic heterocycles. The molecule has 1 aromatic carbocycles. The fraction of sp³-hybridized carbons (Fsp3) is 0.636. The van der Waals surface area contributed by atoms with Gasteiger partial charge in [0.2, 0.25) is 5.91 Å². The molecule has 3 aliphatic rings. The molecule has 2 aliphatic carbocycles. The number of hydrogen-bond acceptors (Lipinski definition) is 2. The molecule has 1 heterocycles. The maximum absolute atomic E-state index is 13.9. The van der Waals surface area contributed by atoms with Crippen molar-refractivity contribution in [2.45, 2.75) is 69.9 Å². The molecule has 1 aliphatic heterocycles. The van der Waals surface area contributed by atoms with E-state index in [0.717, 1.165) is 37.8 Å². The number of likely N-dealkylation sites (tertiary alicyclic amines) is 1. The molecule has 2 saturated carbocycles. The maximum atomic E-state index is 13.9. The highest BCUT2D eigenvalue weighted by Gasteiger charge is 2.41. The van der Waals surface area contributed by atoms with Crippen LogP contribution in [0.25, 0.3) is 0 Å². The van der Waals surface area contributed by atoms with Gasteiger partial charge in [0.05, 0.1) is 5.56 Å². The van der Waals surface area contributed by atoms with Gasteiger partial charge in [-0.05, 0) is 50.7 Å². The fourth-order valence-electron chi connectivity index (χ4n) is 4.74. The van der Waals surface area contributed by atoms with Crippen LogP contribution in [0.2, 0.25) is 0 Å². The van der Waals surface area contributed by atoms with E-state index in [4.69, 9.17) is 0 Å². The molecule has 0 bridgehead atoms. The van der Waals surface area contributed by atoms with Crippen molar-refractivity contribution in [1.82, 2.24) is 9.80 Å². The summed E-state index contributed by atoms with van der Waals surface area (Å²) in [7, 11) is 0. The Bertz CT molecular complexity index is 736. The number of carbonyl (C=O) groups excluding carboxylic acids is 2. The largest absolute Gasteiger partial charge is 0.339 e. The van der Waals surface area contributed by atoms with Crippen molar-refractivity contribution in [3.05, 3.63) is 35.4 Å². The molecule has 0 unspecified atom stereocenters. The van der Waals surface area contributed by atoms with Gasteiger partial charge in [-0.2, -0.15) is 0 Å². The lowest BCUT2D eigenvalue weighted by atomic mass is 9.90. The lowest BCUT2D eigenvalue weighted by Gasteiger charge is -2.39. The van der Waals surface area contributed by atoms with E-state index in [1.807, 2.05) is 0 Å². The number of benzene rings is 1. The number of carbonyl (C=O) groups is 2. The van der Waals surface area contributed by atoms with Gasteiger partial charge < -0.3 is 9.80 Å². The van der Waals surface area contributed by atoms with Gasteiger partial charge in [0.15, 0.2) is 0 Å². The van der Waals surface area contributed by atoms with Crippen LogP contribution in [0.3, 0.4) is 0 Å². The number of halogens is 2. The van der Waals surface area contributed by atoms with Crippen LogP contribution in [0.1, 0.15) is 68.1 Å². The van der Waals surface area contributed by atoms with Crippen LogP contribution in [0.4, 0.5) is 8.78 Å². The fourth-order valence-corrected chi connectivity index (χ4v) is 4.74. The van der Waals surface area contributed by atoms with Crippen molar-refractivity contribution in [2.75, 3.05) is 13.1 Å². The van der Waals surface area contributed by atoms with E-state index >= 15 is 0 Å². The van der Waals surface area contributed by atoms with Gasteiger partial charge in [-0.3, -0.25) is 9.59 Å². The maximum Gasteiger partial charge on any atom is 0.256 e. The van der Waals surface area contributed by atoms with Gasteiger partial charge in [0, 0.05) is 37.2 Å². The Balaban J connectivity index is 1.37. The lowest BCUT2D eigenvalue weighted by molar-refractivity contribution is -0.140. The van der Waals surface area contributed by atoms with Crippen LogP contribution in [0, 0.1) is 17.6 Å². The van der Waals surface area contributed by atoms with Gasteiger partial charge in [-0.1, -0.05) is 19.3 Å². The molecule has 0 atom stereocenters. The first kappa shape index (κ1) is 19.3. The molecule has 0 N–H and O–H groups in total. The Morgan fingerprint density at radius 2 is 1.54 bits per heavy atom. The van der Waals surface area contributed by atoms with Gasteiger partial charge >= 0.3 is 0 Å².